The summed E-state index contributed by atoms with van der Waals surface area (Å²) in [5.41, 5.74) is 6.20. The monoisotopic (exact) mass is 389 g/mol. The number of rotatable bonds is 5. The van der Waals surface area contributed by atoms with Crippen LogP contribution < -0.4 is 10.7 Å². The van der Waals surface area contributed by atoms with Crippen LogP contribution in [-0.4, -0.2) is 17.5 Å². The van der Waals surface area contributed by atoms with Crippen LogP contribution in [0.15, 0.2) is 77.9 Å². The zero-order chi connectivity index (χ0) is 20.8. The second-order valence-corrected chi connectivity index (χ2v) is 6.49. The Kier molecular flexibility index (Phi) is 6.14. The molecule has 3 aromatic rings. The fourth-order valence-corrected chi connectivity index (χ4v) is 2.69. The fraction of sp³-hybridized carbons (Fsp3) is 0.0870. The molecule has 0 radical (unpaired) electrons. The highest BCUT2D eigenvalue weighted by Gasteiger charge is 2.10. The first-order valence-electron chi connectivity index (χ1n) is 9.01. The van der Waals surface area contributed by atoms with E-state index in [1.807, 2.05) is 25.1 Å². The lowest BCUT2D eigenvalue weighted by atomic mass is 10.1. The van der Waals surface area contributed by atoms with E-state index < -0.39 is 0 Å². The fourth-order valence-electron chi connectivity index (χ4n) is 2.69. The van der Waals surface area contributed by atoms with Gasteiger partial charge in [-0.05, 0) is 67.4 Å². The third kappa shape index (κ3) is 5.13. The van der Waals surface area contributed by atoms with E-state index in [4.69, 9.17) is 0 Å². The van der Waals surface area contributed by atoms with Crippen molar-refractivity contribution in [3.8, 4) is 0 Å². The zero-order valence-corrected chi connectivity index (χ0v) is 16.1. The van der Waals surface area contributed by atoms with E-state index in [2.05, 4.69) is 15.8 Å². The first kappa shape index (κ1) is 19.9. The highest BCUT2D eigenvalue weighted by molar-refractivity contribution is 6.05. The Morgan fingerprint density at radius 3 is 2.10 bits per heavy atom. The van der Waals surface area contributed by atoms with Gasteiger partial charge in [0.1, 0.15) is 5.82 Å². The van der Waals surface area contributed by atoms with E-state index in [0.717, 1.165) is 5.56 Å². The quantitative estimate of drug-likeness (QED) is 0.497. The number of aryl methyl sites for hydroxylation is 1. The zero-order valence-electron chi connectivity index (χ0n) is 16.1. The Bertz CT molecular complexity index is 1060. The van der Waals surface area contributed by atoms with Gasteiger partial charge in [0, 0.05) is 16.8 Å². The summed E-state index contributed by atoms with van der Waals surface area (Å²) < 4.78 is 13.0. The van der Waals surface area contributed by atoms with Crippen molar-refractivity contribution >= 4 is 23.2 Å². The van der Waals surface area contributed by atoms with Gasteiger partial charge in [-0.3, -0.25) is 9.59 Å². The van der Waals surface area contributed by atoms with Crippen LogP contribution in [0.4, 0.5) is 10.1 Å². The smallest absolute Gasteiger partial charge is 0.271 e. The minimum absolute atomic E-state index is 0.208. The van der Waals surface area contributed by atoms with Crippen molar-refractivity contribution in [2.75, 3.05) is 5.32 Å². The molecule has 0 aromatic heterocycles. The average Bonchev–Trinajstić information content (AvgIpc) is 2.73. The molecule has 0 spiro atoms. The van der Waals surface area contributed by atoms with E-state index in [0.29, 0.717) is 28.1 Å². The molecule has 0 aliphatic carbocycles. The normalized spacial score (nSPS) is 11.1. The number of anilines is 1. The van der Waals surface area contributed by atoms with E-state index in [1.54, 1.807) is 49.4 Å². The lowest BCUT2D eigenvalue weighted by Gasteiger charge is -2.08. The van der Waals surface area contributed by atoms with Crippen LogP contribution in [0.1, 0.15) is 38.8 Å². The molecule has 0 atom stereocenters. The molecule has 146 valence electrons. The van der Waals surface area contributed by atoms with E-state index in [9.17, 15) is 14.0 Å². The lowest BCUT2D eigenvalue weighted by Crippen LogP contribution is -2.19. The molecule has 0 aliphatic rings. The number of nitrogens with one attached hydrogen (secondary N) is 2. The van der Waals surface area contributed by atoms with Gasteiger partial charge in [-0.25, -0.2) is 9.82 Å². The molecule has 29 heavy (non-hydrogen) atoms. The Balaban J connectivity index is 1.63. The number of hydrogen-bond acceptors (Lipinski definition) is 3. The van der Waals surface area contributed by atoms with E-state index >= 15 is 0 Å². The molecule has 0 heterocycles. The summed E-state index contributed by atoms with van der Waals surface area (Å²) in [6.45, 7) is 3.59. The number of halogens is 1. The maximum absolute atomic E-state index is 13.0. The molecular formula is C23H20FN3O2. The second-order valence-electron chi connectivity index (χ2n) is 6.49. The number of hydrazone groups is 1. The Labute approximate surface area is 168 Å². The lowest BCUT2D eigenvalue weighted by molar-refractivity contribution is 0.0954. The molecule has 0 saturated heterocycles. The number of carbonyl (C=O) groups is 2. The van der Waals surface area contributed by atoms with Crippen LogP contribution in [0, 0.1) is 12.7 Å². The van der Waals surface area contributed by atoms with Crippen LogP contribution in [0.25, 0.3) is 0 Å². The van der Waals surface area contributed by atoms with Gasteiger partial charge in [-0.15, -0.1) is 0 Å². The standard InChI is InChI=1S/C23H20FN3O2/c1-15-5-3-4-6-21(15)23(29)25-20-13-9-18(10-14-20)22(28)27-26-16(2)17-7-11-19(24)12-8-17/h3-14H,1-2H3,(H,25,29)(H,27,28). The van der Waals surface area contributed by atoms with Gasteiger partial charge in [0.2, 0.25) is 0 Å². The Hall–Kier alpha value is -3.80. The van der Waals surface area contributed by atoms with Gasteiger partial charge in [0.05, 0.1) is 5.71 Å². The van der Waals surface area contributed by atoms with Gasteiger partial charge in [-0.2, -0.15) is 5.10 Å². The van der Waals surface area contributed by atoms with Crippen LogP contribution in [0.5, 0.6) is 0 Å². The number of nitrogens with zero attached hydrogens (tertiary/aromatic N) is 1. The minimum atomic E-state index is -0.386. The number of hydrogen-bond donors (Lipinski definition) is 2. The molecule has 0 aliphatic heterocycles. The van der Waals surface area contributed by atoms with Crippen molar-refractivity contribution in [2.45, 2.75) is 13.8 Å². The molecule has 2 amide bonds. The second kappa shape index (κ2) is 8.93. The molecule has 0 unspecified atom stereocenters. The number of benzene rings is 3. The van der Waals surface area contributed by atoms with Gasteiger partial charge in [0.15, 0.2) is 0 Å². The summed E-state index contributed by atoms with van der Waals surface area (Å²) in [7, 11) is 0. The summed E-state index contributed by atoms with van der Waals surface area (Å²) >= 11 is 0. The molecule has 2 N–H and O–H groups in total. The molecular weight excluding hydrogens is 369 g/mol. The molecule has 6 heteroatoms. The minimum Gasteiger partial charge on any atom is -0.322 e. The molecule has 3 aromatic carbocycles. The maximum atomic E-state index is 13.0. The van der Waals surface area contributed by atoms with Gasteiger partial charge in [-0.1, -0.05) is 30.3 Å². The predicted octanol–water partition coefficient (Wildman–Crippen LogP) is 4.54. The summed E-state index contributed by atoms with van der Waals surface area (Å²) in [5.74, 6) is -0.928. The Morgan fingerprint density at radius 2 is 1.45 bits per heavy atom. The van der Waals surface area contributed by atoms with Crippen molar-refractivity contribution < 1.29 is 14.0 Å². The molecule has 0 fully saturated rings. The van der Waals surface area contributed by atoms with E-state index in [-0.39, 0.29) is 17.6 Å². The third-order valence-corrected chi connectivity index (χ3v) is 4.38. The first-order chi connectivity index (χ1) is 13.9. The first-order valence-corrected chi connectivity index (χ1v) is 9.01. The van der Waals surface area contributed by atoms with Crippen molar-refractivity contribution in [3.63, 3.8) is 0 Å². The maximum Gasteiger partial charge on any atom is 0.271 e. The molecule has 0 saturated carbocycles. The highest BCUT2D eigenvalue weighted by atomic mass is 19.1. The Morgan fingerprint density at radius 1 is 0.828 bits per heavy atom. The van der Waals surface area contributed by atoms with Crippen LogP contribution in [-0.2, 0) is 0 Å². The van der Waals surface area contributed by atoms with Crippen molar-refractivity contribution in [1.82, 2.24) is 5.43 Å². The van der Waals surface area contributed by atoms with Crippen LogP contribution in [0.3, 0.4) is 0 Å². The average molecular weight is 389 g/mol. The van der Waals surface area contributed by atoms with Gasteiger partial charge in [0.25, 0.3) is 11.8 Å². The van der Waals surface area contributed by atoms with E-state index in [1.165, 1.54) is 12.1 Å². The van der Waals surface area contributed by atoms with Gasteiger partial charge >= 0.3 is 0 Å². The molecule has 0 bridgehead atoms. The largest absolute Gasteiger partial charge is 0.322 e. The van der Waals surface area contributed by atoms with Crippen molar-refractivity contribution in [2.24, 2.45) is 5.10 Å². The topological polar surface area (TPSA) is 70.6 Å². The van der Waals surface area contributed by atoms with Crippen molar-refractivity contribution in [1.29, 1.82) is 0 Å². The summed E-state index contributed by atoms with van der Waals surface area (Å²) in [6.07, 6.45) is 0. The predicted molar refractivity (Wildman–Crippen MR) is 112 cm³/mol. The summed E-state index contributed by atoms with van der Waals surface area (Å²) in [5, 5.41) is 6.86. The molecule has 5 nitrogen and oxygen atoms in total. The summed E-state index contributed by atoms with van der Waals surface area (Å²) in [6, 6.07) is 19.7. The SMILES string of the molecule is CC(=NNC(=O)c1ccc(NC(=O)c2ccccc2C)cc1)c1ccc(F)cc1. The van der Waals surface area contributed by atoms with Crippen molar-refractivity contribution in [3.05, 3.63) is 101 Å². The third-order valence-electron chi connectivity index (χ3n) is 4.38. The number of carbonyl (C=O) groups excluding carboxylic acids is 2. The molecule has 3 rings (SSSR count). The van der Waals surface area contributed by atoms with Crippen LogP contribution in [0.2, 0.25) is 0 Å². The van der Waals surface area contributed by atoms with Gasteiger partial charge < -0.3 is 5.32 Å². The number of amides is 2. The highest BCUT2D eigenvalue weighted by Crippen LogP contribution is 2.14. The van der Waals surface area contributed by atoms with Crippen LogP contribution >= 0.6 is 0 Å². The summed E-state index contributed by atoms with van der Waals surface area (Å²) in [4.78, 5) is 24.6.